The van der Waals surface area contributed by atoms with Gasteiger partial charge in [-0.2, -0.15) is 0 Å². The molecule has 0 aliphatic carbocycles. The largest absolute Gasteiger partial charge is 0.497 e. The number of benzene rings is 2. The van der Waals surface area contributed by atoms with Crippen LogP contribution in [0.4, 0.5) is 0 Å². The van der Waals surface area contributed by atoms with Gasteiger partial charge in [-0.25, -0.2) is 4.21 Å². The molecule has 0 spiro atoms. The van der Waals surface area contributed by atoms with Gasteiger partial charge in [0.15, 0.2) is 11.1 Å². The lowest BCUT2D eigenvalue weighted by atomic mass is 9.90. The molecule has 1 unspecified atom stereocenters. The van der Waals surface area contributed by atoms with Crippen molar-refractivity contribution in [1.29, 1.82) is 0 Å². The Labute approximate surface area is 146 Å². The van der Waals surface area contributed by atoms with Crippen LogP contribution in [0.5, 0.6) is 11.5 Å². The highest BCUT2D eigenvalue weighted by molar-refractivity contribution is 7.79. The van der Waals surface area contributed by atoms with Crippen LogP contribution in [0.3, 0.4) is 0 Å². The van der Waals surface area contributed by atoms with Crippen molar-refractivity contribution in [3.63, 3.8) is 0 Å². The Hall–Kier alpha value is -1.85. The van der Waals surface area contributed by atoms with Gasteiger partial charge in [-0.05, 0) is 60.6 Å². The van der Waals surface area contributed by atoms with Crippen LogP contribution in [0, 0.1) is 5.92 Å². The maximum absolute atomic E-state index is 11.1. The van der Waals surface area contributed by atoms with E-state index < -0.39 is 11.1 Å². The van der Waals surface area contributed by atoms with Crippen molar-refractivity contribution >= 4 is 11.1 Å². The first-order valence-electron chi connectivity index (χ1n) is 7.94. The molecular formula is C19H24O4S. The molecule has 0 aliphatic rings. The fourth-order valence-electron chi connectivity index (χ4n) is 2.73. The molecule has 0 radical (unpaired) electrons. The fourth-order valence-corrected chi connectivity index (χ4v) is 3.27. The highest BCUT2D eigenvalue weighted by Crippen LogP contribution is 2.22. The van der Waals surface area contributed by atoms with E-state index in [1.54, 1.807) is 14.2 Å². The lowest BCUT2D eigenvalue weighted by Crippen LogP contribution is -2.12. The highest BCUT2D eigenvalue weighted by Gasteiger charge is 2.13. The molecule has 0 saturated carbocycles. The van der Waals surface area contributed by atoms with Crippen molar-refractivity contribution in [3.05, 3.63) is 59.7 Å². The SMILES string of the molecule is COc1ccc(CC(CCS(=O)O)Cc2ccc(OC)cc2)cc1. The molecule has 4 nitrogen and oxygen atoms in total. The van der Waals surface area contributed by atoms with E-state index in [4.69, 9.17) is 14.0 Å². The molecule has 0 saturated heterocycles. The lowest BCUT2D eigenvalue weighted by Gasteiger charge is -2.17. The molecule has 0 heterocycles. The van der Waals surface area contributed by atoms with Gasteiger partial charge in [0.1, 0.15) is 11.5 Å². The third-order valence-electron chi connectivity index (χ3n) is 4.07. The summed E-state index contributed by atoms with van der Waals surface area (Å²) >= 11 is -1.75. The Balaban J connectivity index is 2.05. The van der Waals surface area contributed by atoms with E-state index in [0.29, 0.717) is 18.1 Å². The molecule has 2 rings (SSSR count). The normalized spacial score (nSPS) is 12.2. The van der Waals surface area contributed by atoms with Crippen molar-refractivity contribution < 1.29 is 18.2 Å². The van der Waals surface area contributed by atoms with Crippen LogP contribution in [-0.4, -0.2) is 28.7 Å². The molecule has 0 aromatic heterocycles. The zero-order valence-corrected chi connectivity index (χ0v) is 14.9. The molecule has 0 aliphatic heterocycles. The van der Waals surface area contributed by atoms with Gasteiger partial charge in [0.2, 0.25) is 0 Å². The Morgan fingerprint density at radius 1 is 0.875 bits per heavy atom. The van der Waals surface area contributed by atoms with Crippen LogP contribution in [0.15, 0.2) is 48.5 Å². The summed E-state index contributed by atoms with van der Waals surface area (Å²) in [6.45, 7) is 0. The number of rotatable bonds is 9. The van der Waals surface area contributed by atoms with E-state index in [1.165, 1.54) is 11.1 Å². The van der Waals surface area contributed by atoms with Crippen LogP contribution < -0.4 is 9.47 Å². The number of hydrogen-bond acceptors (Lipinski definition) is 3. The predicted octanol–water partition coefficient (Wildman–Crippen LogP) is 3.72. The first kappa shape index (κ1) is 18.5. The van der Waals surface area contributed by atoms with Crippen LogP contribution in [0.1, 0.15) is 17.5 Å². The molecule has 1 atom stereocenters. The summed E-state index contributed by atoms with van der Waals surface area (Å²) in [5.41, 5.74) is 2.41. The maximum atomic E-state index is 11.1. The summed E-state index contributed by atoms with van der Waals surface area (Å²) in [6.07, 6.45) is 2.45. The number of ether oxygens (including phenoxy) is 2. The molecule has 0 bridgehead atoms. The van der Waals surface area contributed by atoms with Crippen LogP contribution >= 0.6 is 0 Å². The Morgan fingerprint density at radius 2 is 1.29 bits per heavy atom. The zero-order valence-electron chi connectivity index (χ0n) is 14.1. The van der Waals surface area contributed by atoms with Gasteiger partial charge >= 0.3 is 0 Å². The fraction of sp³-hybridized carbons (Fsp3) is 0.368. The van der Waals surface area contributed by atoms with Crippen LogP contribution in [0.25, 0.3) is 0 Å². The van der Waals surface area contributed by atoms with Crippen LogP contribution in [-0.2, 0) is 23.9 Å². The minimum absolute atomic E-state index is 0.303. The summed E-state index contributed by atoms with van der Waals surface area (Å²) in [5, 5.41) is 0. The second-order valence-corrected chi connectivity index (χ2v) is 6.84. The topological polar surface area (TPSA) is 55.8 Å². The van der Waals surface area contributed by atoms with E-state index >= 15 is 0 Å². The molecule has 2 aromatic rings. The van der Waals surface area contributed by atoms with Gasteiger partial charge in [-0.3, -0.25) is 0 Å². The van der Waals surface area contributed by atoms with Gasteiger partial charge in [0.05, 0.1) is 14.2 Å². The molecule has 2 aromatic carbocycles. The average Bonchev–Trinajstić information content (AvgIpc) is 2.61. The lowest BCUT2D eigenvalue weighted by molar-refractivity contribution is 0.414. The standard InChI is InChI=1S/C19H24O4S/c1-22-18-7-3-15(4-8-18)13-17(11-12-24(20)21)14-16-5-9-19(23-2)10-6-16/h3-10,17H,11-14H2,1-2H3,(H,20,21). The van der Waals surface area contributed by atoms with Gasteiger partial charge in [0, 0.05) is 5.75 Å². The summed E-state index contributed by atoms with van der Waals surface area (Å²) in [6, 6.07) is 16.0. The van der Waals surface area contributed by atoms with Crippen molar-refractivity contribution in [2.45, 2.75) is 19.3 Å². The quantitative estimate of drug-likeness (QED) is 0.702. The zero-order chi connectivity index (χ0) is 17.4. The Bertz CT molecular complexity index is 588. The Morgan fingerprint density at radius 3 is 1.62 bits per heavy atom. The third kappa shape index (κ3) is 5.98. The summed E-state index contributed by atoms with van der Waals surface area (Å²) < 4.78 is 30.5. The van der Waals surface area contributed by atoms with Crippen molar-refractivity contribution in [2.24, 2.45) is 5.92 Å². The second kappa shape index (κ2) is 9.45. The second-order valence-electron chi connectivity index (χ2n) is 5.78. The minimum atomic E-state index is -1.75. The van der Waals surface area contributed by atoms with Gasteiger partial charge in [0.25, 0.3) is 0 Å². The smallest absolute Gasteiger partial charge is 0.152 e. The molecule has 130 valence electrons. The monoisotopic (exact) mass is 348 g/mol. The van der Waals surface area contributed by atoms with Gasteiger partial charge < -0.3 is 14.0 Å². The number of methoxy groups -OCH3 is 2. The van der Waals surface area contributed by atoms with E-state index in [-0.39, 0.29) is 0 Å². The third-order valence-corrected chi connectivity index (χ3v) is 4.65. The van der Waals surface area contributed by atoms with Gasteiger partial charge in [-0.15, -0.1) is 0 Å². The molecule has 1 N–H and O–H groups in total. The van der Waals surface area contributed by atoms with E-state index in [0.717, 1.165) is 24.3 Å². The minimum Gasteiger partial charge on any atom is -0.497 e. The molecule has 0 amide bonds. The van der Waals surface area contributed by atoms with Crippen molar-refractivity contribution in [1.82, 2.24) is 0 Å². The molecule has 24 heavy (non-hydrogen) atoms. The van der Waals surface area contributed by atoms with E-state index in [2.05, 4.69) is 24.3 Å². The maximum Gasteiger partial charge on any atom is 0.152 e. The summed E-state index contributed by atoms with van der Waals surface area (Å²) in [7, 11) is 3.30. The summed E-state index contributed by atoms with van der Waals surface area (Å²) in [4.78, 5) is 0. The average molecular weight is 348 g/mol. The van der Waals surface area contributed by atoms with E-state index in [9.17, 15) is 4.21 Å². The first-order chi connectivity index (χ1) is 11.6. The first-order valence-corrected chi connectivity index (χ1v) is 9.21. The number of hydrogen-bond donors (Lipinski definition) is 1. The van der Waals surface area contributed by atoms with E-state index in [1.807, 2.05) is 24.3 Å². The predicted molar refractivity (Wildman–Crippen MR) is 97.1 cm³/mol. The van der Waals surface area contributed by atoms with Crippen molar-refractivity contribution in [3.8, 4) is 11.5 Å². The molecule has 0 fully saturated rings. The molecule has 5 heteroatoms. The van der Waals surface area contributed by atoms with Gasteiger partial charge in [-0.1, -0.05) is 24.3 Å². The van der Waals surface area contributed by atoms with Crippen LogP contribution in [0.2, 0.25) is 0 Å². The van der Waals surface area contributed by atoms with Crippen molar-refractivity contribution in [2.75, 3.05) is 20.0 Å². The molecular weight excluding hydrogens is 324 g/mol. The Kier molecular flexibility index (Phi) is 7.28. The highest BCUT2D eigenvalue weighted by atomic mass is 32.2. The summed E-state index contributed by atoms with van der Waals surface area (Å²) in [5.74, 6) is 2.28.